The summed E-state index contributed by atoms with van der Waals surface area (Å²) in [7, 11) is 1.69. The van der Waals surface area contributed by atoms with Crippen molar-refractivity contribution in [2.45, 2.75) is 25.4 Å². The molecule has 4 rings (SSSR count). The minimum atomic E-state index is 0.509. The Labute approximate surface area is 161 Å². The fraction of sp³-hybridized carbons (Fsp3) is 0.409. The molecule has 0 radical (unpaired) electrons. The van der Waals surface area contributed by atoms with Gasteiger partial charge in [-0.2, -0.15) is 0 Å². The van der Waals surface area contributed by atoms with Crippen LogP contribution in [0.3, 0.4) is 0 Å². The molecule has 3 heterocycles. The fourth-order valence-electron chi connectivity index (χ4n) is 3.79. The maximum absolute atomic E-state index is 5.89. The number of nitrogens with zero attached hydrogens (tertiary/aromatic N) is 2. The van der Waals surface area contributed by atoms with Gasteiger partial charge < -0.3 is 14.8 Å². The zero-order chi connectivity index (χ0) is 18.5. The molecular formula is C22H27N3O2. The van der Waals surface area contributed by atoms with Gasteiger partial charge in [-0.1, -0.05) is 6.07 Å². The highest BCUT2D eigenvalue weighted by Gasteiger charge is 2.21. The van der Waals surface area contributed by atoms with E-state index >= 15 is 0 Å². The van der Waals surface area contributed by atoms with Crippen molar-refractivity contribution < 1.29 is 9.47 Å². The molecule has 2 aliphatic heterocycles. The van der Waals surface area contributed by atoms with Gasteiger partial charge in [0.1, 0.15) is 18.1 Å². The number of aromatic nitrogens is 1. The molecule has 1 N–H and O–H groups in total. The first kappa shape index (κ1) is 18.0. The fourth-order valence-corrected chi connectivity index (χ4v) is 3.79. The molecule has 5 heteroatoms. The highest BCUT2D eigenvalue weighted by atomic mass is 16.5. The highest BCUT2D eigenvalue weighted by Crippen LogP contribution is 2.29. The second-order valence-electron chi connectivity index (χ2n) is 7.27. The van der Waals surface area contributed by atoms with Crippen molar-refractivity contribution in [1.29, 1.82) is 0 Å². The predicted octanol–water partition coefficient (Wildman–Crippen LogP) is 3.12. The van der Waals surface area contributed by atoms with E-state index in [0.29, 0.717) is 12.6 Å². The Morgan fingerprint density at radius 2 is 2.26 bits per heavy atom. The first-order chi connectivity index (χ1) is 13.3. The molecule has 0 bridgehead atoms. The zero-order valence-electron chi connectivity index (χ0n) is 15.9. The lowest BCUT2D eigenvalue weighted by Gasteiger charge is -2.33. The van der Waals surface area contributed by atoms with Gasteiger partial charge in [0.15, 0.2) is 0 Å². The lowest BCUT2D eigenvalue weighted by atomic mass is 10.0. The molecule has 2 aliphatic rings. The molecule has 0 amide bonds. The summed E-state index contributed by atoms with van der Waals surface area (Å²) in [6, 6.07) is 12.6. The molecule has 1 atom stereocenters. The van der Waals surface area contributed by atoms with Gasteiger partial charge in [0, 0.05) is 37.4 Å². The molecule has 0 spiro atoms. The highest BCUT2D eigenvalue weighted by molar-refractivity contribution is 5.64. The summed E-state index contributed by atoms with van der Waals surface area (Å²) < 4.78 is 11.2. The number of pyridine rings is 1. The summed E-state index contributed by atoms with van der Waals surface area (Å²) in [5.41, 5.74) is 3.52. The van der Waals surface area contributed by atoms with Crippen LogP contribution in [0.15, 0.2) is 48.2 Å². The third kappa shape index (κ3) is 4.67. The third-order valence-electron chi connectivity index (χ3n) is 5.22. The second-order valence-corrected chi connectivity index (χ2v) is 7.27. The maximum atomic E-state index is 5.89. The normalized spacial score (nSPS) is 19.7. The molecule has 1 saturated heterocycles. The number of hydrogen-bond acceptors (Lipinski definition) is 5. The van der Waals surface area contributed by atoms with Crippen LogP contribution in [-0.4, -0.2) is 49.3 Å². The van der Waals surface area contributed by atoms with Crippen molar-refractivity contribution in [1.82, 2.24) is 15.2 Å². The summed E-state index contributed by atoms with van der Waals surface area (Å²) in [5.74, 6) is 1.79. The molecule has 27 heavy (non-hydrogen) atoms. The van der Waals surface area contributed by atoms with Crippen molar-refractivity contribution in [2.75, 3.05) is 33.4 Å². The second kappa shape index (κ2) is 8.55. The third-order valence-corrected chi connectivity index (χ3v) is 5.22. The molecule has 0 aliphatic carbocycles. The van der Waals surface area contributed by atoms with Crippen molar-refractivity contribution in [3.8, 4) is 11.5 Å². The van der Waals surface area contributed by atoms with Gasteiger partial charge in [-0.15, -0.1) is 0 Å². The van der Waals surface area contributed by atoms with Crippen LogP contribution in [0.1, 0.15) is 24.1 Å². The van der Waals surface area contributed by atoms with E-state index in [9.17, 15) is 0 Å². The zero-order valence-corrected chi connectivity index (χ0v) is 15.9. The Balaban J connectivity index is 1.32. The van der Waals surface area contributed by atoms with E-state index in [1.54, 1.807) is 7.11 Å². The Morgan fingerprint density at radius 3 is 3.11 bits per heavy atom. The molecule has 1 unspecified atom stereocenters. The van der Waals surface area contributed by atoms with Crippen LogP contribution >= 0.6 is 0 Å². The quantitative estimate of drug-likeness (QED) is 0.852. The summed E-state index contributed by atoms with van der Waals surface area (Å²) in [4.78, 5) is 6.95. The monoisotopic (exact) mass is 365 g/mol. The summed E-state index contributed by atoms with van der Waals surface area (Å²) in [6.07, 6.45) is 6.54. The average Bonchev–Trinajstić information content (AvgIpc) is 2.72. The van der Waals surface area contributed by atoms with Gasteiger partial charge >= 0.3 is 0 Å². The molecule has 142 valence electrons. The molecule has 5 nitrogen and oxygen atoms in total. The standard InChI is InChI=1S/C22H27N3O2/c1-26-21-7-8-22-18(12-21)11-17(16-27-22)13-24-20-6-4-10-25(15-20)14-19-5-2-3-9-23-19/h2-3,5,7-9,11-12,20,24H,4,6,10,13-16H2,1H3. The largest absolute Gasteiger partial charge is 0.497 e. The van der Waals surface area contributed by atoms with Crippen molar-refractivity contribution in [3.63, 3.8) is 0 Å². The molecule has 1 aromatic carbocycles. The van der Waals surface area contributed by atoms with Crippen LogP contribution in [0.5, 0.6) is 11.5 Å². The predicted molar refractivity (Wildman–Crippen MR) is 107 cm³/mol. The van der Waals surface area contributed by atoms with Crippen molar-refractivity contribution in [3.05, 3.63) is 59.4 Å². The lowest BCUT2D eigenvalue weighted by molar-refractivity contribution is 0.183. The van der Waals surface area contributed by atoms with Crippen molar-refractivity contribution >= 4 is 6.08 Å². The van der Waals surface area contributed by atoms with Gasteiger partial charge in [0.05, 0.1) is 12.8 Å². The van der Waals surface area contributed by atoms with E-state index in [2.05, 4.69) is 33.4 Å². The summed E-state index contributed by atoms with van der Waals surface area (Å²) in [5, 5.41) is 3.72. The minimum absolute atomic E-state index is 0.509. The van der Waals surface area contributed by atoms with Crippen molar-refractivity contribution in [2.24, 2.45) is 0 Å². The number of methoxy groups -OCH3 is 1. The number of nitrogens with one attached hydrogen (secondary N) is 1. The Kier molecular flexibility index (Phi) is 5.70. The Hall–Kier alpha value is -2.37. The number of ether oxygens (including phenoxy) is 2. The molecular weight excluding hydrogens is 338 g/mol. The van der Waals surface area contributed by atoms with E-state index in [4.69, 9.17) is 9.47 Å². The van der Waals surface area contributed by atoms with E-state index < -0.39 is 0 Å². The maximum Gasteiger partial charge on any atom is 0.127 e. The lowest BCUT2D eigenvalue weighted by Crippen LogP contribution is -2.46. The number of rotatable bonds is 6. The smallest absolute Gasteiger partial charge is 0.127 e. The van der Waals surface area contributed by atoms with Crippen LogP contribution in [0.2, 0.25) is 0 Å². The van der Waals surface area contributed by atoms with Crippen LogP contribution in [0, 0.1) is 0 Å². The number of benzene rings is 1. The number of likely N-dealkylation sites (tertiary alicyclic amines) is 1. The van der Waals surface area contributed by atoms with E-state index in [0.717, 1.165) is 48.9 Å². The van der Waals surface area contributed by atoms with E-state index in [-0.39, 0.29) is 0 Å². The number of fused-ring (bicyclic) bond motifs is 1. The van der Waals surface area contributed by atoms with Gasteiger partial charge in [-0.3, -0.25) is 9.88 Å². The Morgan fingerprint density at radius 1 is 1.30 bits per heavy atom. The van der Waals surface area contributed by atoms with Crippen LogP contribution < -0.4 is 14.8 Å². The minimum Gasteiger partial charge on any atom is -0.497 e. The van der Waals surface area contributed by atoms with Crippen LogP contribution in [-0.2, 0) is 6.54 Å². The SMILES string of the molecule is COc1ccc2c(c1)C=C(CNC1CCCN(Cc3ccccn3)C1)CO2. The van der Waals surface area contributed by atoms with Gasteiger partial charge in [0.2, 0.25) is 0 Å². The molecule has 1 fully saturated rings. The number of piperidine rings is 1. The molecule has 2 aromatic rings. The molecule has 1 aromatic heterocycles. The topological polar surface area (TPSA) is 46.6 Å². The number of hydrogen-bond donors (Lipinski definition) is 1. The van der Waals surface area contributed by atoms with Gasteiger partial charge in [-0.05, 0) is 61.4 Å². The summed E-state index contributed by atoms with van der Waals surface area (Å²) in [6.45, 7) is 4.65. The van der Waals surface area contributed by atoms with Crippen LogP contribution in [0.4, 0.5) is 0 Å². The average molecular weight is 365 g/mol. The van der Waals surface area contributed by atoms with E-state index in [1.165, 1.54) is 18.4 Å². The van der Waals surface area contributed by atoms with E-state index in [1.807, 2.05) is 30.5 Å². The first-order valence-electron chi connectivity index (χ1n) is 9.66. The van der Waals surface area contributed by atoms with Gasteiger partial charge in [-0.25, -0.2) is 0 Å². The summed E-state index contributed by atoms with van der Waals surface area (Å²) >= 11 is 0. The van der Waals surface area contributed by atoms with Gasteiger partial charge in [0.25, 0.3) is 0 Å². The molecule has 0 saturated carbocycles. The van der Waals surface area contributed by atoms with Crippen LogP contribution in [0.25, 0.3) is 6.08 Å². The Bertz CT molecular complexity index is 791. The first-order valence-corrected chi connectivity index (χ1v) is 9.66.